The summed E-state index contributed by atoms with van der Waals surface area (Å²) < 4.78 is 30.6. The van der Waals surface area contributed by atoms with Gasteiger partial charge in [0.15, 0.2) is 0 Å². The number of rotatable bonds is 4. The molecule has 4 nitrogen and oxygen atoms in total. The molecule has 46 heavy (non-hydrogen) atoms. The van der Waals surface area contributed by atoms with Crippen LogP contribution in [0.15, 0.2) is 149 Å². The average Bonchev–Trinajstić information content (AvgIpc) is 3.49. The number of imidazole rings is 1. The molecule has 0 saturated heterocycles. The number of hydrogen-bond donors (Lipinski definition) is 0. The van der Waals surface area contributed by atoms with E-state index in [0.29, 0.717) is 32.9 Å². The third-order valence-corrected chi connectivity index (χ3v) is 11.1. The molecular formula is C41H28N2O2S. The molecule has 0 spiro atoms. The van der Waals surface area contributed by atoms with Crippen LogP contribution in [0, 0.1) is 0 Å². The van der Waals surface area contributed by atoms with Crippen LogP contribution in [-0.4, -0.2) is 18.0 Å². The van der Waals surface area contributed by atoms with E-state index >= 15 is 0 Å². The molecule has 0 aliphatic carbocycles. The van der Waals surface area contributed by atoms with Gasteiger partial charge in [0.2, 0.25) is 9.84 Å². The molecule has 2 heterocycles. The summed E-state index contributed by atoms with van der Waals surface area (Å²) >= 11 is 0. The van der Waals surface area contributed by atoms with E-state index in [1.807, 2.05) is 18.2 Å². The minimum atomic E-state index is -3.78. The number of hydrogen-bond acceptors (Lipinski definition) is 3. The van der Waals surface area contributed by atoms with Crippen molar-refractivity contribution in [2.75, 3.05) is 0 Å². The van der Waals surface area contributed by atoms with Gasteiger partial charge in [-0.3, -0.25) is 4.57 Å². The maximum atomic E-state index is 14.2. The van der Waals surface area contributed by atoms with Crippen molar-refractivity contribution >= 4 is 42.4 Å². The second-order valence-corrected chi connectivity index (χ2v) is 13.7. The van der Waals surface area contributed by atoms with Crippen LogP contribution in [0.1, 0.15) is 12.7 Å². The molecule has 1 aliphatic heterocycles. The Kier molecular flexibility index (Phi) is 5.83. The normalized spacial score (nSPS) is 13.3. The van der Waals surface area contributed by atoms with Crippen molar-refractivity contribution in [3.8, 4) is 39.1 Å². The number of nitrogens with zero attached hydrogens (tertiary/aromatic N) is 2. The van der Waals surface area contributed by atoms with Gasteiger partial charge in [-0.15, -0.1) is 0 Å². The molecule has 7 aromatic carbocycles. The largest absolute Gasteiger partial charge is 0.293 e. The maximum absolute atomic E-state index is 14.2. The van der Waals surface area contributed by atoms with E-state index in [4.69, 9.17) is 4.98 Å². The Morgan fingerprint density at radius 1 is 0.565 bits per heavy atom. The standard InChI is InChI=1S/C41H28N2O2S/c1-2-37-42-34-22-12-24-36-41(34)43(37)40-33(21-11-23-35(40)46(36,44)45)39-31-19-8-6-17-29(31)38(30-18-7-9-20-32(30)39)28-16-10-15-27(25-28)26-13-4-3-5-14-26/h3-25H,2H2,1H3. The number of aryl methyl sites for hydroxylation is 1. The summed E-state index contributed by atoms with van der Waals surface area (Å²) in [6, 6.07) is 47.3. The first-order valence-electron chi connectivity index (χ1n) is 15.5. The zero-order valence-electron chi connectivity index (χ0n) is 25.1. The van der Waals surface area contributed by atoms with Crippen molar-refractivity contribution in [1.82, 2.24) is 9.55 Å². The van der Waals surface area contributed by atoms with E-state index in [2.05, 4.69) is 115 Å². The summed E-state index contributed by atoms with van der Waals surface area (Å²) in [6.45, 7) is 2.07. The van der Waals surface area contributed by atoms with Crippen LogP contribution in [0.2, 0.25) is 0 Å². The van der Waals surface area contributed by atoms with Crippen molar-refractivity contribution in [3.63, 3.8) is 0 Å². The summed E-state index contributed by atoms with van der Waals surface area (Å²) in [4.78, 5) is 5.53. The average molecular weight is 613 g/mol. The van der Waals surface area contributed by atoms with Crippen molar-refractivity contribution in [3.05, 3.63) is 145 Å². The molecule has 0 radical (unpaired) electrons. The van der Waals surface area contributed by atoms with Gasteiger partial charge >= 0.3 is 0 Å². The third kappa shape index (κ3) is 3.72. The Hall–Kier alpha value is -5.52. The minimum absolute atomic E-state index is 0.310. The van der Waals surface area contributed by atoms with Gasteiger partial charge in [0, 0.05) is 12.0 Å². The van der Waals surface area contributed by atoms with Gasteiger partial charge in [0.1, 0.15) is 5.82 Å². The fraction of sp³-hybridized carbons (Fsp3) is 0.0488. The highest BCUT2D eigenvalue weighted by molar-refractivity contribution is 7.92. The summed E-state index contributed by atoms with van der Waals surface area (Å²) in [5.74, 6) is 0.842. The second-order valence-electron chi connectivity index (χ2n) is 11.8. The van der Waals surface area contributed by atoms with Crippen LogP contribution in [0.3, 0.4) is 0 Å². The van der Waals surface area contributed by atoms with E-state index in [1.54, 1.807) is 18.2 Å². The lowest BCUT2D eigenvalue weighted by Crippen LogP contribution is -2.17. The zero-order chi connectivity index (χ0) is 31.0. The molecule has 9 rings (SSSR count). The second kappa shape index (κ2) is 9.99. The van der Waals surface area contributed by atoms with Crippen molar-refractivity contribution in [1.29, 1.82) is 0 Å². The van der Waals surface area contributed by atoms with E-state index in [-0.39, 0.29) is 0 Å². The number of aromatic nitrogens is 2. The Bertz CT molecular complexity index is 2580. The van der Waals surface area contributed by atoms with Gasteiger partial charge in [-0.2, -0.15) is 0 Å². The van der Waals surface area contributed by atoms with E-state index in [9.17, 15) is 8.42 Å². The smallest absolute Gasteiger partial charge is 0.210 e. The van der Waals surface area contributed by atoms with Crippen molar-refractivity contribution < 1.29 is 8.42 Å². The highest BCUT2D eigenvalue weighted by Crippen LogP contribution is 2.49. The summed E-state index contributed by atoms with van der Waals surface area (Å²) in [5.41, 5.74) is 8.55. The molecule has 1 aromatic heterocycles. The molecule has 0 N–H and O–H groups in total. The minimum Gasteiger partial charge on any atom is -0.293 e. The van der Waals surface area contributed by atoms with Crippen LogP contribution in [0.5, 0.6) is 0 Å². The van der Waals surface area contributed by atoms with Crippen molar-refractivity contribution in [2.45, 2.75) is 23.1 Å². The molecule has 0 fully saturated rings. The number of para-hydroxylation sites is 2. The van der Waals surface area contributed by atoms with Crippen LogP contribution in [-0.2, 0) is 16.3 Å². The molecule has 0 saturated carbocycles. The molecule has 0 atom stereocenters. The Morgan fingerprint density at radius 3 is 1.83 bits per heavy atom. The van der Waals surface area contributed by atoms with Crippen LogP contribution >= 0.6 is 0 Å². The molecule has 8 aromatic rings. The molecule has 0 unspecified atom stereocenters. The third-order valence-electron chi connectivity index (χ3n) is 9.29. The Labute approximate surface area is 267 Å². The van der Waals surface area contributed by atoms with Crippen LogP contribution in [0.25, 0.3) is 71.6 Å². The van der Waals surface area contributed by atoms with E-state index in [1.165, 1.54) is 5.56 Å². The molecule has 220 valence electrons. The topological polar surface area (TPSA) is 52.0 Å². The van der Waals surface area contributed by atoms with Gasteiger partial charge in [-0.25, -0.2) is 13.4 Å². The molecule has 0 amide bonds. The van der Waals surface area contributed by atoms with Gasteiger partial charge in [0.05, 0.1) is 26.5 Å². The molecule has 0 bridgehead atoms. The number of sulfone groups is 1. The molecule has 1 aliphatic rings. The van der Waals surface area contributed by atoms with Crippen molar-refractivity contribution in [2.24, 2.45) is 0 Å². The summed E-state index contributed by atoms with van der Waals surface area (Å²) in [6.07, 6.45) is 0.667. The lowest BCUT2D eigenvalue weighted by molar-refractivity contribution is 0.594. The van der Waals surface area contributed by atoms with Gasteiger partial charge in [0.25, 0.3) is 0 Å². The van der Waals surface area contributed by atoms with E-state index in [0.717, 1.165) is 55.2 Å². The summed E-state index contributed by atoms with van der Waals surface area (Å²) in [5, 5.41) is 4.37. The summed E-state index contributed by atoms with van der Waals surface area (Å²) in [7, 11) is -3.78. The van der Waals surface area contributed by atoms with E-state index < -0.39 is 9.84 Å². The quantitative estimate of drug-likeness (QED) is 0.186. The SMILES string of the molecule is CCc1nc2cccc3c2n1-c1c(-c2c4ccccc4c(-c4cccc(-c5ccccc5)c4)c4ccccc24)cccc1S3(=O)=O. The van der Waals surface area contributed by atoms with Gasteiger partial charge in [-0.1, -0.05) is 122 Å². The maximum Gasteiger partial charge on any atom is 0.210 e. The Balaban J connectivity index is 1.41. The Morgan fingerprint density at radius 2 is 1.13 bits per heavy atom. The monoisotopic (exact) mass is 612 g/mol. The fourth-order valence-electron chi connectivity index (χ4n) is 7.34. The first kappa shape index (κ1) is 26.8. The van der Waals surface area contributed by atoms with Crippen LogP contribution < -0.4 is 0 Å². The van der Waals surface area contributed by atoms with Gasteiger partial charge < -0.3 is 0 Å². The zero-order valence-corrected chi connectivity index (χ0v) is 25.9. The fourth-order valence-corrected chi connectivity index (χ4v) is 9.00. The van der Waals surface area contributed by atoms with Gasteiger partial charge in [-0.05, 0) is 73.6 Å². The number of benzene rings is 7. The lowest BCUT2D eigenvalue weighted by atomic mass is 9.85. The predicted octanol–water partition coefficient (Wildman–Crippen LogP) is 10.0. The lowest BCUT2D eigenvalue weighted by Gasteiger charge is -2.25. The predicted molar refractivity (Wildman–Crippen MR) is 187 cm³/mol. The highest BCUT2D eigenvalue weighted by Gasteiger charge is 2.35. The first-order valence-corrected chi connectivity index (χ1v) is 17.0. The molecule has 5 heteroatoms. The van der Waals surface area contributed by atoms with Crippen LogP contribution in [0.4, 0.5) is 0 Å². The molecular weight excluding hydrogens is 585 g/mol. The highest BCUT2D eigenvalue weighted by atomic mass is 32.2. The first-order chi connectivity index (χ1) is 22.6. The number of fused-ring (bicyclic) bond motifs is 4.